The lowest BCUT2D eigenvalue weighted by Crippen LogP contribution is -2.39. The second-order valence-electron chi connectivity index (χ2n) is 9.68. The fraction of sp³-hybridized carbons (Fsp3) is 0.321. The Morgan fingerprint density at radius 2 is 1.56 bits per heavy atom. The Morgan fingerprint density at radius 1 is 0.974 bits per heavy atom. The predicted octanol–water partition coefficient (Wildman–Crippen LogP) is 5.76. The van der Waals surface area contributed by atoms with Gasteiger partial charge in [-0.2, -0.15) is 8.42 Å². The molecule has 1 heterocycles. The Balaban J connectivity index is 1.56. The molecule has 0 unspecified atom stereocenters. The van der Waals surface area contributed by atoms with Crippen molar-refractivity contribution in [3.8, 4) is 5.75 Å². The van der Waals surface area contributed by atoms with Crippen LogP contribution in [0.1, 0.15) is 56.4 Å². The maximum absolute atomic E-state index is 13.3. The average molecular weight is 635 g/mol. The van der Waals surface area contributed by atoms with E-state index in [1.807, 2.05) is 4.90 Å². The maximum atomic E-state index is 13.3. The van der Waals surface area contributed by atoms with Crippen LogP contribution in [0.2, 0.25) is 5.02 Å². The number of carboxylic acids is 1. The summed E-state index contributed by atoms with van der Waals surface area (Å²) in [6, 6.07) is 10.5. The van der Waals surface area contributed by atoms with Crippen LogP contribution in [-0.2, 0) is 24.5 Å². The van der Waals surface area contributed by atoms with Gasteiger partial charge < -0.3 is 14.2 Å². The standard InChI is InChI=1S/C28H25BrClNO7S/c29-19-15-16(7-12-24(19)38-39(36,37)18-10-8-17(30)9-11-18)26-27-20(3-1-5-22(27)32)31(14-13-25(34)35)21-4-2-6-23(33)28(21)26/h7-12,15,26H,1-6,13-14H2,(H,34,35). The maximum Gasteiger partial charge on any atom is 0.339 e. The summed E-state index contributed by atoms with van der Waals surface area (Å²) in [5.74, 6) is -1.63. The smallest absolute Gasteiger partial charge is 0.339 e. The Morgan fingerprint density at radius 3 is 2.10 bits per heavy atom. The van der Waals surface area contributed by atoms with Crippen LogP contribution in [0.25, 0.3) is 0 Å². The van der Waals surface area contributed by atoms with Gasteiger partial charge in [0.2, 0.25) is 0 Å². The lowest BCUT2D eigenvalue weighted by molar-refractivity contribution is -0.137. The van der Waals surface area contributed by atoms with Gasteiger partial charge in [-0.1, -0.05) is 17.7 Å². The zero-order chi connectivity index (χ0) is 27.9. The molecule has 204 valence electrons. The summed E-state index contributed by atoms with van der Waals surface area (Å²) in [6.45, 7) is 0.194. The number of carboxylic acid groups (broad SMARTS) is 1. The fourth-order valence-corrected chi connectivity index (χ4v) is 7.22. The van der Waals surface area contributed by atoms with Crippen LogP contribution in [0, 0.1) is 0 Å². The highest BCUT2D eigenvalue weighted by Gasteiger charge is 2.43. The van der Waals surface area contributed by atoms with E-state index >= 15 is 0 Å². The predicted molar refractivity (Wildman–Crippen MR) is 147 cm³/mol. The molecule has 39 heavy (non-hydrogen) atoms. The van der Waals surface area contributed by atoms with Crippen molar-refractivity contribution in [3.63, 3.8) is 0 Å². The van der Waals surface area contributed by atoms with E-state index in [1.54, 1.807) is 12.1 Å². The molecule has 2 aromatic carbocycles. The Labute approximate surface area is 239 Å². The molecular formula is C28H25BrClNO7S. The number of aliphatic carboxylic acids is 1. The van der Waals surface area contributed by atoms with Crippen molar-refractivity contribution in [2.24, 2.45) is 0 Å². The quantitative estimate of drug-likeness (QED) is 0.382. The van der Waals surface area contributed by atoms with Gasteiger partial charge in [0, 0.05) is 52.9 Å². The van der Waals surface area contributed by atoms with Crippen molar-refractivity contribution < 1.29 is 32.1 Å². The van der Waals surface area contributed by atoms with Crippen molar-refractivity contribution >= 4 is 55.2 Å². The fourth-order valence-electron chi connectivity index (χ4n) is 5.56. The Kier molecular flexibility index (Phi) is 7.72. The number of carbonyl (C=O) groups is 3. The van der Waals surface area contributed by atoms with Gasteiger partial charge in [0.15, 0.2) is 17.3 Å². The number of ketones is 2. The average Bonchev–Trinajstić information content (AvgIpc) is 2.88. The number of benzene rings is 2. The molecule has 1 aliphatic heterocycles. The third-order valence-electron chi connectivity index (χ3n) is 7.23. The number of Topliss-reactive ketones (excluding diaryl/α,β-unsaturated/α-hetero) is 2. The molecule has 0 radical (unpaired) electrons. The van der Waals surface area contributed by atoms with E-state index in [9.17, 15) is 27.9 Å². The van der Waals surface area contributed by atoms with Gasteiger partial charge in [0.1, 0.15) is 4.90 Å². The van der Waals surface area contributed by atoms with Crippen LogP contribution < -0.4 is 4.18 Å². The first-order chi connectivity index (χ1) is 18.6. The van der Waals surface area contributed by atoms with Crippen LogP contribution >= 0.6 is 27.5 Å². The van der Waals surface area contributed by atoms with E-state index in [2.05, 4.69) is 15.9 Å². The highest BCUT2D eigenvalue weighted by molar-refractivity contribution is 9.10. The van der Waals surface area contributed by atoms with E-state index in [0.717, 1.165) is 11.4 Å². The van der Waals surface area contributed by atoms with Crippen LogP contribution in [-0.4, -0.2) is 42.5 Å². The summed E-state index contributed by atoms with van der Waals surface area (Å²) in [5.41, 5.74) is 3.27. The molecule has 0 saturated carbocycles. The first-order valence-corrected chi connectivity index (χ1v) is 15.2. The molecule has 0 atom stereocenters. The number of carbonyl (C=O) groups excluding carboxylic acids is 2. The largest absolute Gasteiger partial charge is 0.481 e. The summed E-state index contributed by atoms with van der Waals surface area (Å²) < 4.78 is 31.4. The van der Waals surface area contributed by atoms with Crippen molar-refractivity contribution in [2.75, 3.05) is 6.54 Å². The Hall–Kier alpha value is -2.95. The van der Waals surface area contributed by atoms with Gasteiger partial charge in [0.05, 0.1) is 10.9 Å². The first kappa shape index (κ1) is 27.6. The monoisotopic (exact) mass is 633 g/mol. The molecule has 0 bridgehead atoms. The highest BCUT2D eigenvalue weighted by Crippen LogP contribution is 2.50. The molecule has 8 nitrogen and oxygen atoms in total. The molecule has 0 spiro atoms. The number of nitrogens with zero attached hydrogens (tertiary/aromatic N) is 1. The van der Waals surface area contributed by atoms with Gasteiger partial charge in [-0.3, -0.25) is 14.4 Å². The Bertz CT molecular complexity index is 1500. The van der Waals surface area contributed by atoms with Crippen molar-refractivity contribution in [1.82, 2.24) is 4.90 Å². The number of hydrogen-bond acceptors (Lipinski definition) is 7. The molecule has 0 amide bonds. The van der Waals surface area contributed by atoms with Gasteiger partial charge in [-0.15, -0.1) is 0 Å². The number of rotatable bonds is 7. The summed E-state index contributed by atoms with van der Waals surface area (Å²) in [5, 5.41) is 9.73. The normalized spacial score (nSPS) is 18.3. The molecular weight excluding hydrogens is 610 g/mol. The second-order valence-corrected chi connectivity index (χ2v) is 12.5. The van der Waals surface area contributed by atoms with Crippen molar-refractivity contribution in [2.45, 2.75) is 55.8 Å². The van der Waals surface area contributed by atoms with E-state index in [0.29, 0.717) is 64.7 Å². The molecule has 5 rings (SSSR count). The molecule has 1 N–H and O–H groups in total. The topological polar surface area (TPSA) is 118 Å². The molecule has 11 heteroatoms. The second kappa shape index (κ2) is 10.9. The summed E-state index contributed by atoms with van der Waals surface area (Å²) in [6.07, 6.45) is 3.13. The molecule has 2 aromatic rings. The van der Waals surface area contributed by atoms with Crippen LogP contribution in [0.5, 0.6) is 5.75 Å². The molecule has 0 fully saturated rings. The molecule has 3 aliphatic rings. The zero-order valence-corrected chi connectivity index (χ0v) is 23.9. The summed E-state index contributed by atoms with van der Waals surface area (Å²) in [7, 11) is -4.14. The lowest BCUT2D eigenvalue weighted by Gasteiger charge is -2.44. The number of halogens is 2. The van der Waals surface area contributed by atoms with E-state index in [1.165, 1.54) is 30.3 Å². The number of allylic oxidation sites excluding steroid dienone is 4. The molecule has 2 aliphatic carbocycles. The lowest BCUT2D eigenvalue weighted by atomic mass is 9.71. The van der Waals surface area contributed by atoms with E-state index in [4.69, 9.17) is 15.8 Å². The minimum atomic E-state index is -4.14. The summed E-state index contributed by atoms with van der Waals surface area (Å²) >= 11 is 9.29. The minimum Gasteiger partial charge on any atom is -0.481 e. The SMILES string of the molecule is O=C(O)CCN1C2=C(C(=O)CCC2)C(c2ccc(OS(=O)(=O)c3ccc(Cl)cc3)c(Br)c2)C2=C1CCCC2=O. The first-order valence-electron chi connectivity index (χ1n) is 12.6. The minimum absolute atomic E-state index is 0.0539. The van der Waals surface area contributed by atoms with Crippen molar-refractivity contribution in [1.29, 1.82) is 0 Å². The summed E-state index contributed by atoms with van der Waals surface area (Å²) in [4.78, 5) is 39.9. The van der Waals surface area contributed by atoms with Gasteiger partial charge in [-0.25, -0.2) is 0 Å². The van der Waals surface area contributed by atoms with Crippen molar-refractivity contribution in [3.05, 3.63) is 80.1 Å². The molecule has 0 aromatic heterocycles. The number of hydrogen-bond donors (Lipinski definition) is 1. The highest BCUT2D eigenvalue weighted by atomic mass is 79.9. The van der Waals surface area contributed by atoms with Gasteiger partial charge in [-0.05, 0) is 83.6 Å². The van der Waals surface area contributed by atoms with Crippen LogP contribution in [0.3, 0.4) is 0 Å². The van der Waals surface area contributed by atoms with Crippen LogP contribution in [0.15, 0.2) is 74.4 Å². The molecule has 0 saturated heterocycles. The third kappa shape index (κ3) is 5.42. The van der Waals surface area contributed by atoms with Gasteiger partial charge >= 0.3 is 16.1 Å². The van der Waals surface area contributed by atoms with E-state index < -0.39 is 22.0 Å². The van der Waals surface area contributed by atoms with E-state index in [-0.39, 0.29) is 35.2 Å². The zero-order valence-electron chi connectivity index (χ0n) is 20.8. The van der Waals surface area contributed by atoms with Gasteiger partial charge in [0.25, 0.3) is 0 Å². The van der Waals surface area contributed by atoms with Crippen LogP contribution in [0.4, 0.5) is 0 Å². The third-order valence-corrected chi connectivity index (χ3v) is 9.35.